The molecule has 0 heterocycles. The second-order valence-electron chi connectivity index (χ2n) is 4.03. The Morgan fingerprint density at radius 1 is 1.28 bits per heavy atom. The van der Waals surface area contributed by atoms with Crippen molar-refractivity contribution < 1.29 is 23.1 Å². The van der Waals surface area contributed by atoms with Crippen LogP contribution in [0.2, 0.25) is 0 Å². The van der Waals surface area contributed by atoms with Gasteiger partial charge in [-0.3, -0.25) is 9.36 Å². The summed E-state index contributed by atoms with van der Waals surface area (Å²) in [5.74, 6) is -0.432. The van der Waals surface area contributed by atoms with Crippen LogP contribution < -0.4 is 0 Å². The molecule has 1 aliphatic carbocycles. The number of esters is 1. The highest BCUT2D eigenvalue weighted by Gasteiger charge is 2.73. The zero-order valence-corrected chi connectivity index (χ0v) is 14.0. The number of hydrogen-bond donors (Lipinski definition) is 0. The standard InChI is InChI=1S/C11H20IO5P/c1-4-15-10(13)11(7-9(11)8-12)18(14,16-5-2)17-6-3/h9H,4-8H2,1-3H3/t9-,11-/m1/s1. The number of alkyl halides is 1. The van der Waals surface area contributed by atoms with E-state index in [1.54, 1.807) is 20.8 Å². The molecule has 1 fully saturated rings. The van der Waals surface area contributed by atoms with E-state index in [-0.39, 0.29) is 25.7 Å². The zero-order valence-electron chi connectivity index (χ0n) is 11.0. The first-order valence-corrected chi connectivity index (χ1v) is 9.21. The summed E-state index contributed by atoms with van der Waals surface area (Å²) >= 11 is 2.18. The van der Waals surface area contributed by atoms with Crippen LogP contribution in [0.5, 0.6) is 0 Å². The maximum atomic E-state index is 12.8. The highest BCUT2D eigenvalue weighted by atomic mass is 127. The summed E-state index contributed by atoms with van der Waals surface area (Å²) in [6.45, 7) is 6.00. The third-order valence-corrected chi connectivity index (χ3v) is 6.94. The quantitative estimate of drug-likeness (QED) is 0.276. The minimum atomic E-state index is -3.45. The number of hydrogen-bond acceptors (Lipinski definition) is 5. The summed E-state index contributed by atoms with van der Waals surface area (Å²) in [7, 11) is -3.45. The highest BCUT2D eigenvalue weighted by Crippen LogP contribution is 2.74. The van der Waals surface area contributed by atoms with Gasteiger partial charge in [0.25, 0.3) is 0 Å². The number of halogens is 1. The van der Waals surface area contributed by atoms with Gasteiger partial charge in [-0.25, -0.2) is 0 Å². The van der Waals surface area contributed by atoms with Crippen LogP contribution in [0.3, 0.4) is 0 Å². The minimum Gasteiger partial charge on any atom is -0.465 e. The Kier molecular flexibility index (Phi) is 6.09. The number of carbonyl (C=O) groups is 1. The van der Waals surface area contributed by atoms with Crippen molar-refractivity contribution in [2.45, 2.75) is 32.3 Å². The summed E-state index contributed by atoms with van der Waals surface area (Å²) in [5.41, 5.74) is 0. The van der Waals surface area contributed by atoms with E-state index >= 15 is 0 Å². The second kappa shape index (κ2) is 6.68. The SMILES string of the molecule is CCOC(=O)[C@@]1(P(=O)(OCC)OCC)C[C@@H]1CI. The molecule has 0 unspecified atom stereocenters. The normalized spacial score (nSPS) is 27.0. The van der Waals surface area contributed by atoms with E-state index in [0.717, 1.165) is 4.43 Å². The van der Waals surface area contributed by atoms with Crippen molar-refractivity contribution in [1.29, 1.82) is 0 Å². The van der Waals surface area contributed by atoms with Gasteiger partial charge < -0.3 is 13.8 Å². The molecule has 1 rings (SSSR count). The maximum absolute atomic E-state index is 12.8. The van der Waals surface area contributed by atoms with Gasteiger partial charge in [0, 0.05) is 4.43 Å². The van der Waals surface area contributed by atoms with E-state index in [2.05, 4.69) is 22.6 Å². The van der Waals surface area contributed by atoms with Gasteiger partial charge in [0.1, 0.15) is 0 Å². The van der Waals surface area contributed by atoms with Crippen molar-refractivity contribution in [2.24, 2.45) is 5.92 Å². The van der Waals surface area contributed by atoms with Gasteiger partial charge in [-0.05, 0) is 33.1 Å². The third-order valence-electron chi connectivity index (χ3n) is 2.97. The van der Waals surface area contributed by atoms with Gasteiger partial charge >= 0.3 is 13.6 Å². The summed E-state index contributed by atoms with van der Waals surface area (Å²) in [5, 5.41) is -1.07. The van der Waals surface area contributed by atoms with E-state index in [9.17, 15) is 9.36 Å². The van der Waals surface area contributed by atoms with Crippen molar-refractivity contribution in [2.75, 3.05) is 24.2 Å². The molecule has 0 saturated heterocycles. The third kappa shape index (κ3) is 2.76. The summed E-state index contributed by atoms with van der Waals surface area (Å²) in [4.78, 5) is 12.1. The van der Waals surface area contributed by atoms with Gasteiger partial charge in [-0.1, -0.05) is 22.6 Å². The molecular weight excluding hydrogens is 370 g/mol. The first-order valence-electron chi connectivity index (χ1n) is 6.14. The zero-order chi connectivity index (χ0) is 13.8. The molecule has 0 aliphatic heterocycles. The Morgan fingerprint density at radius 2 is 1.83 bits per heavy atom. The molecule has 7 heteroatoms. The van der Waals surface area contributed by atoms with Crippen LogP contribution in [0.4, 0.5) is 0 Å². The Hall–Kier alpha value is 0.350. The van der Waals surface area contributed by atoms with Crippen LogP contribution in [0, 0.1) is 5.92 Å². The predicted molar refractivity (Wildman–Crippen MR) is 77.2 cm³/mol. The fourth-order valence-electron chi connectivity index (χ4n) is 2.06. The van der Waals surface area contributed by atoms with Crippen LogP contribution in [0.15, 0.2) is 0 Å². The molecule has 0 amide bonds. The Labute approximate surface area is 122 Å². The van der Waals surface area contributed by atoms with Crippen LogP contribution in [0.1, 0.15) is 27.2 Å². The van der Waals surface area contributed by atoms with E-state index in [1.807, 2.05) is 0 Å². The van der Waals surface area contributed by atoms with Gasteiger partial charge in [-0.2, -0.15) is 0 Å². The van der Waals surface area contributed by atoms with E-state index in [1.165, 1.54) is 0 Å². The van der Waals surface area contributed by atoms with Crippen molar-refractivity contribution in [3.63, 3.8) is 0 Å². The van der Waals surface area contributed by atoms with Gasteiger partial charge in [0.2, 0.25) is 0 Å². The molecule has 0 aromatic rings. The maximum Gasteiger partial charge on any atom is 0.348 e. The Balaban J connectivity index is 3.03. The number of carbonyl (C=O) groups excluding carboxylic acids is 1. The molecule has 1 saturated carbocycles. The first-order chi connectivity index (χ1) is 8.52. The summed E-state index contributed by atoms with van der Waals surface area (Å²) < 4.78 is 29.3. The largest absolute Gasteiger partial charge is 0.465 e. The number of ether oxygens (including phenoxy) is 1. The molecule has 0 N–H and O–H groups in total. The van der Waals surface area contributed by atoms with E-state index in [0.29, 0.717) is 6.42 Å². The van der Waals surface area contributed by atoms with Crippen LogP contribution in [-0.4, -0.2) is 35.4 Å². The van der Waals surface area contributed by atoms with E-state index < -0.39 is 18.7 Å². The second-order valence-corrected chi connectivity index (χ2v) is 7.22. The summed E-state index contributed by atoms with van der Waals surface area (Å²) in [6.07, 6.45) is 0.520. The summed E-state index contributed by atoms with van der Waals surface area (Å²) in [6, 6.07) is 0. The lowest BCUT2D eigenvalue weighted by Gasteiger charge is -2.25. The molecule has 0 radical (unpaired) electrons. The molecule has 1 aliphatic rings. The van der Waals surface area contributed by atoms with Gasteiger partial charge in [0.15, 0.2) is 5.16 Å². The monoisotopic (exact) mass is 390 g/mol. The lowest BCUT2D eigenvalue weighted by molar-refractivity contribution is -0.144. The predicted octanol–water partition coefficient (Wildman–Crippen LogP) is 3.01. The van der Waals surface area contributed by atoms with Crippen molar-refractivity contribution >= 4 is 36.2 Å². The average molecular weight is 390 g/mol. The molecule has 0 aromatic heterocycles. The molecule has 106 valence electrons. The van der Waals surface area contributed by atoms with Gasteiger partial charge in [-0.15, -0.1) is 0 Å². The topological polar surface area (TPSA) is 61.8 Å². The van der Waals surface area contributed by atoms with Crippen LogP contribution in [-0.2, 0) is 23.1 Å². The molecule has 0 spiro atoms. The Morgan fingerprint density at radius 3 is 2.17 bits per heavy atom. The fraction of sp³-hybridized carbons (Fsp3) is 0.909. The molecular formula is C11H20IO5P. The van der Waals surface area contributed by atoms with Crippen LogP contribution in [0.25, 0.3) is 0 Å². The minimum absolute atomic E-state index is 0.0149. The fourth-order valence-corrected chi connectivity index (χ4v) is 5.96. The van der Waals surface area contributed by atoms with Gasteiger partial charge in [0.05, 0.1) is 19.8 Å². The van der Waals surface area contributed by atoms with Crippen molar-refractivity contribution in [3.05, 3.63) is 0 Å². The van der Waals surface area contributed by atoms with Crippen molar-refractivity contribution in [3.8, 4) is 0 Å². The number of rotatable bonds is 8. The lowest BCUT2D eigenvalue weighted by atomic mass is 10.3. The molecule has 18 heavy (non-hydrogen) atoms. The average Bonchev–Trinajstić information content (AvgIpc) is 3.06. The molecule has 0 aromatic carbocycles. The first kappa shape index (κ1) is 16.4. The van der Waals surface area contributed by atoms with Crippen molar-refractivity contribution in [1.82, 2.24) is 0 Å². The lowest BCUT2D eigenvalue weighted by Crippen LogP contribution is -2.30. The molecule has 5 nitrogen and oxygen atoms in total. The molecule has 0 bridgehead atoms. The smallest absolute Gasteiger partial charge is 0.348 e. The van der Waals surface area contributed by atoms with Crippen LogP contribution >= 0.6 is 30.2 Å². The molecule has 2 atom stereocenters. The Bertz CT molecular complexity index is 338. The highest BCUT2D eigenvalue weighted by molar-refractivity contribution is 14.1. The van der Waals surface area contributed by atoms with E-state index in [4.69, 9.17) is 13.8 Å².